The van der Waals surface area contributed by atoms with Gasteiger partial charge in [0.25, 0.3) is 12.2 Å². The maximum Gasteiger partial charge on any atom is 0.305 e. The van der Waals surface area contributed by atoms with Gasteiger partial charge >= 0.3 is 5.97 Å². The number of nitrogens with zero attached hydrogens (tertiary/aromatic N) is 4. The highest BCUT2D eigenvalue weighted by atomic mass is 32.2. The van der Waals surface area contributed by atoms with Crippen molar-refractivity contribution in [1.82, 2.24) is 19.4 Å². The molecule has 1 amide bonds. The van der Waals surface area contributed by atoms with E-state index in [2.05, 4.69) is 9.88 Å². The Labute approximate surface area is 262 Å². The van der Waals surface area contributed by atoms with Gasteiger partial charge in [0.15, 0.2) is 9.84 Å². The molecule has 1 aromatic heterocycles. The predicted octanol–water partition coefficient (Wildman–Crippen LogP) is 3.66. The first-order valence-electron chi connectivity index (χ1n) is 15.0. The van der Waals surface area contributed by atoms with E-state index in [1.807, 2.05) is 48.0 Å². The molecule has 0 saturated carbocycles. The molecule has 0 N–H and O–H groups in total. The Balaban J connectivity index is 1.20. The third-order valence-corrected chi connectivity index (χ3v) is 9.96. The van der Waals surface area contributed by atoms with Gasteiger partial charge in [0, 0.05) is 44.7 Å². The number of carbonyl (C=O) groups excluding carboxylic acids is 2. The van der Waals surface area contributed by atoms with E-state index in [1.165, 1.54) is 31.2 Å². The van der Waals surface area contributed by atoms with E-state index in [1.54, 1.807) is 11.2 Å². The summed E-state index contributed by atoms with van der Waals surface area (Å²) >= 11 is 0. The molecule has 0 spiro atoms. The van der Waals surface area contributed by atoms with E-state index in [4.69, 9.17) is 14.2 Å². The van der Waals surface area contributed by atoms with Gasteiger partial charge in [0.2, 0.25) is 0 Å². The average Bonchev–Trinajstić information content (AvgIpc) is 3.30. The summed E-state index contributed by atoms with van der Waals surface area (Å²) in [6, 6.07) is 17.8. The SMILES string of the molecule is CC(=O)OC1CN(C(=O)c2ccc(S(=O)(=O)CCCN3CCOCC3)cc2)Cc2cc(-c3ccc4c(c3)ncn4C)ccc2O1. The quantitative estimate of drug-likeness (QED) is 0.268. The van der Waals surface area contributed by atoms with Crippen LogP contribution < -0.4 is 4.74 Å². The molecule has 236 valence electrons. The molecule has 0 radical (unpaired) electrons. The molecule has 2 aliphatic rings. The Kier molecular flexibility index (Phi) is 8.88. The van der Waals surface area contributed by atoms with Gasteiger partial charge in [0.1, 0.15) is 5.75 Å². The molecule has 3 aromatic carbocycles. The van der Waals surface area contributed by atoms with Crippen LogP contribution in [0.25, 0.3) is 22.2 Å². The number of benzene rings is 3. The van der Waals surface area contributed by atoms with Crippen molar-refractivity contribution in [3.8, 4) is 16.9 Å². The van der Waals surface area contributed by atoms with Gasteiger partial charge in [-0.15, -0.1) is 0 Å². The number of morpholine rings is 1. The Hall–Kier alpha value is -4.26. The average molecular weight is 633 g/mol. The van der Waals surface area contributed by atoms with Gasteiger partial charge in [0.05, 0.1) is 47.8 Å². The van der Waals surface area contributed by atoms with E-state index in [9.17, 15) is 18.0 Å². The smallest absolute Gasteiger partial charge is 0.305 e. The minimum absolute atomic E-state index is 0.00388. The number of ether oxygens (including phenoxy) is 3. The monoisotopic (exact) mass is 632 g/mol. The van der Waals surface area contributed by atoms with E-state index in [0.717, 1.165) is 40.8 Å². The summed E-state index contributed by atoms with van der Waals surface area (Å²) in [7, 11) is -1.56. The van der Waals surface area contributed by atoms with Crippen molar-refractivity contribution in [2.75, 3.05) is 45.1 Å². The highest BCUT2D eigenvalue weighted by molar-refractivity contribution is 7.91. The Bertz CT molecular complexity index is 1810. The number of amides is 1. The number of rotatable bonds is 8. The van der Waals surface area contributed by atoms with Crippen LogP contribution in [0, 0.1) is 0 Å². The summed E-state index contributed by atoms with van der Waals surface area (Å²) < 4.78 is 44.8. The van der Waals surface area contributed by atoms with Crippen LogP contribution in [-0.4, -0.2) is 91.1 Å². The molecule has 12 heteroatoms. The number of hydrogen-bond donors (Lipinski definition) is 0. The third-order valence-electron chi connectivity index (χ3n) is 8.14. The minimum atomic E-state index is -3.51. The number of sulfone groups is 1. The molecule has 2 aliphatic heterocycles. The largest absolute Gasteiger partial charge is 0.452 e. The molecule has 0 aliphatic carbocycles. The molecule has 1 fully saturated rings. The zero-order chi connectivity index (χ0) is 31.6. The predicted molar refractivity (Wildman–Crippen MR) is 167 cm³/mol. The van der Waals surface area contributed by atoms with Crippen molar-refractivity contribution >= 4 is 32.7 Å². The number of hydrogen-bond acceptors (Lipinski definition) is 9. The second-order valence-electron chi connectivity index (χ2n) is 11.4. The topological polar surface area (TPSA) is 120 Å². The number of esters is 1. The fourth-order valence-electron chi connectivity index (χ4n) is 5.75. The van der Waals surface area contributed by atoms with Crippen LogP contribution in [0.15, 0.2) is 71.9 Å². The normalized spacial score (nSPS) is 17.4. The van der Waals surface area contributed by atoms with Crippen LogP contribution in [0.3, 0.4) is 0 Å². The second kappa shape index (κ2) is 13.0. The van der Waals surface area contributed by atoms with Crippen molar-refractivity contribution in [3.05, 3.63) is 78.1 Å². The fourth-order valence-corrected chi connectivity index (χ4v) is 7.05. The van der Waals surface area contributed by atoms with Crippen molar-refractivity contribution < 1.29 is 32.2 Å². The van der Waals surface area contributed by atoms with Gasteiger partial charge in [-0.05, 0) is 72.6 Å². The molecule has 6 rings (SSSR count). The number of aromatic nitrogens is 2. The van der Waals surface area contributed by atoms with Crippen molar-refractivity contribution in [2.24, 2.45) is 7.05 Å². The molecule has 11 nitrogen and oxygen atoms in total. The summed E-state index contributed by atoms with van der Waals surface area (Å²) in [5.74, 6) is -0.324. The first-order chi connectivity index (χ1) is 21.7. The van der Waals surface area contributed by atoms with Crippen LogP contribution in [0.1, 0.15) is 29.3 Å². The molecule has 1 atom stereocenters. The van der Waals surface area contributed by atoms with Gasteiger partial charge in [-0.1, -0.05) is 12.1 Å². The Morgan fingerprint density at radius 2 is 1.73 bits per heavy atom. The van der Waals surface area contributed by atoms with E-state index in [-0.39, 0.29) is 29.6 Å². The first kappa shape index (κ1) is 30.8. The van der Waals surface area contributed by atoms with Crippen LogP contribution in [0.4, 0.5) is 0 Å². The number of imidazole rings is 1. The lowest BCUT2D eigenvalue weighted by Crippen LogP contribution is -2.39. The zero-order valence-electron chi connectivity index (χ0n) is 25.3. The Morgan fingerprint density at radius 1 is 1.00 bits per heavy atom. The first-order valence-corrected chi connectivity index (χ1v) is 16.6. The summed E-state index contributed by atoms with van der Waals surface area (Å²) in [6.45, 7) is 5.15. The standard InChI is InChI=1S/C33H36N4O7S/c1-23(38)43-32-21-37(20-27-18-25(7-11-31(27)44-32)26-6-10-30-29(19-26)34-22-35(30)2)33(39)24-4-8-28(9-5-24)45(40,41)17-3-12-36-13-15-42-16-14-36/h4-11,18-19,22,32H,3,12-17,20-21H2,1-2H3. The molecule has 4 aromatic rings. The van der Waals surface area contributed by atoms with E-state index in [0.29, 0.717) is 37.5 Å². The molecular formula is C33H36N4O7S. The molecule has 1 unspecified atom stereocenters. The Morgan fingerprint density at radius 3 is 2.49 bits per heavy atom. The maximum atomic E-state index is 13.8. The molecule has 45 heavy (non-hydrogen) atoms. The minimum Gasteiger partial charge on any atom is -0.452 e. The summed E-state index contributed by atoms with van der Waals surface area (Å²) in [4.78, 5) is 34.0. The van der Waals surface area contributed by atoms with Crippen molar-refractivity contribution in [3.63, 3.8) is 0 Å². The molecule has 3 heterocycles. The fraction of sp³-hybridized carbons (Fsp3) is 0.364. The second-order valence-corrected chi connectivity index (χ2v) is 13.5. The maximum absolute atomic E-state index is 13.8. The summed E-state index contributed by atoms with van der Waals surface area (Å²) in [5.41, 5.74) is 4.84. The number of aryl methyl sites for hydroxylation is 1. The van der Waals surface area contributed by atoms with E-state index < -0.39 is 22.1 Å². The third kappa shape index (κ3) is 7.03. The molecule has 0 bridgehead atoms. The number of carbonyl (C=O) groups is 2. The van der Waals surface area contributed by atoms with Crippen molar-refractivity contribution in [1.29, 1.82) is 0 Å². The summed E-state index contributed by atoms with van der Waals surface area (Å²) in [5, 5.41) is 0. The van der Waals surface area contributed by atoms with Crippen molar-refractivity contribution in [2.45, 2.75) is 31.1 Å². The lowest BCUT2D eigenvalue weighted by atomic mass is 10.0. The van der Waals surface area contributed by atoms with Gasteiger partial charge < -0.3 is 23.7 Å². The summed E-state index contributed by atoms with van der Waals surface area (Å²) in [6.07, 6.45) is 1.28. The lowest BCUT2D eigenvalue weighted by molar-refractivity contribution is -0.161. The number of fused-ring (bicyclic) bond motifs is 2. The molecule has 1 saturated heterocycles. The van der Waals surface area contributed by atoms with Gasteiger partial charge in [-0.2, -0.15) is 0 Å². The molecular weight excluding hydrogens is 596 g/mol. The van der Waals surface area contributed by atoms with Crippen LogP contribution in [0.5, 0.6) is 5.75 Å². The highest BCUT2D eigenvalue weighted by Crippen LogP contribution is 2.32. The zero-order valence-corrected chi connectivity index (χ0v) is 26.2. The van der Waals surface area contributed by atoms with Crippen LogP contribution in [-0.2, 0) is 37.7 Å². The van der Waals surface area contributed by atoms with E-state index >= 15 is 0 Å². The van der Waals surface area contributed by atoms with Crippen LogP contribution in [0.2, 0.25) is 0 Å². The lowest BCUT2D eigenvalue weighted by Gasteiger charge is -2.26. The van der Waals surface area contributed by atoms with Gasteiger partial charge in [-0.3, -0.25) is 14.5 Å². The highest BCUT2D eigenvalue weighted by Gasteiger charge is 2.29. The van der Waals surface area contributed by atoms with Gasteiger partial charge in [-0.25, -0.2) is 13.4 Å². The van der Waals surface area contributed by atoms with Crippen LogP contribution >= 0.6 is 0 Å².